The zero-order valence-electron chi connectivity index (χ0n) is 10.6. The SMILES string of the molecule is Cc1cccc(CS(=O)(=O)NC[C@@H]2CCCO2)c1. The molecule has 1 aliphatic rings. The molecular formula is C13H19NO3S. The van der Waals surface area contributed by atoms with Gasteiger partial charge in [-0.3, -0.25) is 0 Å². The van der Waals surface area contributed by atoms with Crippen LogP contribution in [0.2, 0.25) is 0 Å². The van der Waals surface area contributed by atoms with E-state index in [4.69, 9.17) is 4.74 Å². The average molecular weight is 269 g/mol. The summed E-state index contributed by atoms with van der Waals surface area (Å²) in [5, 5.41) is 0. The molecule has 0 aliphatic carbocycles. The van der Waals surface area contributed by atoms with Gasteiger partial charge in [-0.25, -0.2) is 13.1 Å². The second kappa shape index (κ2) is 5.82. The Morgan fingerprint density at radius 1 is 1.44 bits per heavy atom. The van der Waals surface area contributed by atoms with Crippen molar-refractivity contribution in [3.05, 3.63) is 35.4 Å². The van der Waals surface area contributed by atoms with Gasteiger partial charge in [-0.05, 0) is 25.3 Å². The first-order valence-electron chi connectivity index (χ1n) is 6.20. The van der Waals surface area contributed by atoms with Gasteiger partial charge in [0, 0.05) is 13.2 Å². The molecule has 4 nitrogen and oxygen atoms in total. The first kappa shape index (κ1) is 13.5. The lowest BCUT2D eigenvalue weighted by atomic mass is 10.2. The Labute approximate surface area is 108 Å². The van der Waals surface area contributed by atoms with Crippen LogP contribution in [0.15, 0.2) is 24.3 Å². The lowest BCUT2D eigenvalue weighted by molar-refractivity contribution is 0.114. The zero-order chi connectivity index (χ0) is 13.0. The molecule has 2 rings (SSSR count). The highest BCUT2D eigenvalue weighted by Gasteiger charge is 2.19. The third kappa shape index (κ3) is 4.08. The van der Waals surface area contributed by atoms with Crippen LogP contribution in [0.5, 0.6) is 0 Å². The summed E-state index contributed by atoms with van der Waals surface area (Å²) in [6.07, 6.45) is 1.99. The molecule has 1 saturated heterocycles. The molecule has 1 fully saturated rings. The van der Waals surface area contributed by atoms with Crippen molar-refractivity contribution in [3.63, 3.8) is 0 Å². The number of nitrogens with one attached hydrogen (secondary N) is 1. The molecule has 1 aromatic rings. The van der Waals surface area contributed by atoms with Crippen molar-refractivity contribution in [2.24, 2.45) is 0 Å². The second-order valence-corrected chi connectivity index (χ2v) is 6.54. The van der Waals surface area contributed by atoms with Crippen LogP contribution in [-0.4, -0.2) is 27.7 Å². The molecule has 0 bridgehead atoms. The van der Waals surface area contributed by atoms with Crippen molar-refractivity contribution in [1.29, 1.82) is 0 Å². The van der Waals surface area contributed by atoms with Gasteiger partial charge in [0.1, 0.15) is 0 Å². The average Bonchev–Trinajstić information content (AvgIpc) is 2.78. The molecule has 0 unspecified atom stereocenters. The van der Waals surface area contributed by atoms with Gasteiger partial charge in [-0.15, -0.1) is 0 Å². The van der Waals surface area contributed by atoms with Crippen LogP contribution < -0.4 is 4.72 Å². The van der Waals surface area contributed by atoms with E-state index in [-0.39, 0.29) is 11.9 Å². The highest BCUT2D eigenvalue weighted by molar-refractivity contribution is 7.88. The van der Waals surface area contributed by atoms with Crippen LogP contribution >= 0.6 is 0 Å². The fourth-order valence-corrected chi connectivity index (χ4v) is 3.26. The molecule has 1 aromatic carbocycles. The first-order chi connectivity index (χ1) is 8.55. The quantitative estimate of drug-likeness (QED) is 0.883. The van der Waals surface area contributed by atoms with E-state index in [1.165, 1.54) is 0 Å². The van der Waals surface area contributed by atoms with Crippen LogP contribution in [0.25, 0.3) is 0 Å². The molecule has 0 amide bonds. The monoisotopic (exact) mass is 269 g/mol. The van der Waals surface area contributed by atoms with Crippen molar-refractivity contribution in [2.75, 3.05) is 13.2 Å². The molecule has 1 atom stereocenters. The van der Waals surface area contributed by atoms with Crippen LogP contribution in [0.1, 0.15) is 24.0 Å². The molecule has 0 saturated carbocycles. The van der Waals surface area contributed by atoms with E-state index in [0.717, 1.165) is 30.6 Å². The molecule has 1 N–H and O–H groups in total. The molecule has 5 heteroatoms. The number of hydrogen-bond donors (Lipinski definition) is 1. The normalized spacial score (nSPS) is 20.2. The van der Waals surface area contributed by atoms with Gasteiger partial charge in [0.2, 0.25) is 10.0 Å². The third-order valence-corrected chi connectivity index (χ3v) is 4.31. The summed E-state index contributed by atoms with van der Waals surface area (Å²) in [6.45, 7) is 3.08. The minimum absolute atomic E-state index is 0.0292. The van der Waals surface area contributed by atoms with Crippen LogP contribution in [0.3, 0.4) is 0 Å². The van der Waals surface area contributed by atoms with Crippen molar-refractivity contribution in [3.8, 4) is 0 Å². The van der Waals surface area contributed by atoms with Gasteiger partial charge < -0.3 is 4.74 Å². The number of aryl methyl sites for hydroxylation is 1. The topological polar surface area (TPSA) is 55.4 Å². The summed E-state index contributed by atoms with van der Waals surface area (Å²) in [6, 6.07) is 7.56. The number of hydrogen-bond acceptors (Lipinski definition) is 3. The van der Waals surface area contributed by atoms with E-state index < -0.39 is 10.0 Å². The van der Waals surface area contributed by atoms with E-state index in [1.807, 2.05) is 31.2 Å². The summed E-state index contributed by atoms with van der Waals surface area (Å²) < 4.78 is 31.8. The molecular weight excluding hydrogens is 250 g/mol. The maximum absolute atomic E-state index is 11.9. The summed E-state index contributed by atoms with van der Waals surface area (Å²) in [7, 11) is -3.27. The molecule has 0 radical (unpaired) electrons. The maximum Gasteiger partial charge on any atom is 0.215 e. The van der Waals surface area contributed by atoms with Crippen molar-refractivity contribution in [2.45, 2.75) is 31.6 Å². The Hall–Kier alpha value is -0.910. The predicted molar refractivity (Wildman–Crippen MR) is 70.8 cm³/mol. The van der Waals surface area contributed by atoms with Gasteiger partial charge in [0.15, 0.2) is 0 Å². The summed E-state index contributed by atoms with van der Waals surface area (Å²) in [4.78, 5) is 0. The molecule has 0 aromatic heterocycles. The van der Waals surface area contributed by atoms with Gasteiger partial charge in [-0.2, -0.15) is 0 Å². The lowest BCUT2D eigenvalue weighted by Crippen LogP contribution is -2.32. The van der Waals surface area contributed by atoms with E-state index in [0.29, 0.717) is 6.54 Å². The predicted octanol–water partition coefficient (Wildman–Crippen LogP) is 1.59. The largest absolute Gasteiger partial charge is 0.377 e. The van der Waals surface area contributed by atoms with Crippen LogP contribution in [0.4, 0.5) is 0 Å². The zero-order valence-corrected chi connectivity index (χ0v) is 11.4. The van der Waals surface area contributed by atoms with Gasteiger partial charge in [-0.1, -0.05) is 29.8 Å². The Kier molecular flexibility index (Phi) is 4.37. The van der Waals surface area contributed by atoms with Gasteiger partial charge >= 0.3 is 0 Å². The van der Waals surface area contributed by atoms with E-state index >= 15 is 0 Å². The first-order valence-corrected chi connectivity index (χ1v) is 7.85. The van der Waals surface area contributed by atoms with Crippen LogP contribution in [-0.2, 0) is 20.5 Å². The minimum atomic E-state index is -3.27. The Bertz CT molecular complexity index is 493. The second-order valence-electron chi connectivity index (χ2n) is 4.73. The highest BCUT2D eigenvalue weighted by atomic mass is 32.2. The molecule has 1 heterocycles. The summed E-state index contributed by atoms with van der Waals surface area (Å²) in [5.41, 5.74) is 1.89. The van der Waals surface area contributed by atoms with Crippen molar-refractivity contribution in [1.82, 2.24) is 4.72 Å². The Morgan fingerprint density at radius 3 is 2.94 bits per heavy atom. The number of benzene rings is 1. The van der Waals surface area contributed by atoms with Crippen LogP contribution in [0, 0.1) is 6.92 Å². The number of sulfonamides is 1. The van der Waals surface area contributed by atoms with Gasteiger partial charge in [0.05, 0.1) is 11.9 Å². The smallest absolute Gasteiger partial charge is 0.215 e. The van der Waals surface area contributed by atoms with E-state index in [2.05, 4.69) is 4.72 Å². The van der Waals surface area contributed by atoms with E-state index in [9.17, 15) is 8.42 Å². The highest BCUT2D eigenvalue weighted by Crippen LogP contribution is 2.12. The number of rotatable bonds is 5. The lowest BCUT2D eigenvalue weighted by Gasteiger charge is -2.11. The minimum Gasteiger partial charge on any atom is -0.377 e. The van der Waals surface area contributed by atoms with Crippen molar-refractivity contribution >= 4 is 10.0 Å². The van der Waals surface area contributed by atoms with Crippen molar-refractivity contribution < 1.29 is 13.2 Å². The summed E-state index contributed by atoms with van der Waals surface area (Å²) in [5.74, 6) is 0.0292. The fraction of sp³-hybridized carbons (Fsp3) is 0.538. The summed E-state index contributed by atoms with van der Waals surface area (Å²) >= 11 is 0. The van der Waals surface area contributed by atoms with Gasteiger partial charge in [0.25, 0.3) is 0 Å². The standard InChI is InChI=1S/C13H19NO3S/c1-11-4-2-5-12(8-11)10-18(15,16)14-9-13-6-3-7-17-13/h2,4-5,8,13-14H,3,6-7,9-10H2,1H3/t13-/m0/s1. The molecule has 1 aliphatic heterocycles. The molecule has 100 valence electrons. The third-order valence-electron chi connectivity index (χ3n) is 2.99. The molecule has 0 spiro atoms. The molecule has 18 heavy (non-hydrogen) atoms. The maximum atomic E-state index is 11.9. The van der Waals surface area contributed by atoms with E-state index in [1.54, 1.807) is 0 Å². The Balaban J connectivity index is 1.90. The fourth-order valence-electron chi connectivity index (χ4n) is 2.10. The number of ether oxygens (including phenoxy) is 1. The Morgan fingerprint density at radius 2 is 2.28 bits per heavy atom.